The van der Waals surface area contributed by atoms with Crippen molar-refractivity contribution in [2.75, 3.05) is 6.54 Å². The van der Waals surface area contributed by atoms with Crippen molar-refractivity contribution in [1.29, 1.82) is 0 Å². The van der Waals surface area contributed by atoms with Crippen LogP contribution in [0, 0.1) is 0 Å². The Bertz CT molecular complexity index is 63.5. The lowest BCUT2D eigenvalue weighted by Gasteiger charge is -2.03. The number of rotatable bonds is 4. The molecule has 47 valence electrons. The minimum atomic E-state index is -0.0556. The van der Waals surface area contributed by atoms with Gasteiger partial charge >= 0.3 is 0 Å². The van der Waals surface area contributed by atoms with Crippen molar-refractivity contribution in [3.05, 3.63) is 0 Å². The number of hydrogen-bond donors (Lipinski definition) is 1. The molecule has 0 aliphatic rings. The zero-order valence-corrected chi connectivity index (χ0v) is 5.40. The van der Waals surface area contributed by atoms with Gasteiger partial charge in [-0.1, -0.05) is 13.8 Å². The van der Waals surface area contributed by atoms with Crippen LogP contribution < -0.4 is 5.32 Å². The van der Waals surface area contributed by atoms with Crippen LogP contribution >= 0.6 is 0 Å². The van der Waals surface area contributed by atoms with Crippen molar-refractivity contribution in [1.82, 2.24) is 5.32 Å². The van der Waals surface area contributed by atoms with E-state index in [0.717, 1.165) is 13.0 Å². The van der Waals surface area contributed by atoms with Gasteiger partial charge in [-0.25, -0.2) is 0 Å². The fourth-order valence-electron chi connectivity index (χ4n) is 0.516. The Morgan fingerprint density at radius 3 is 2.38 bits per heavy atom. The maximum absolute atomic E-state index is 9.94. The summed E-state index contributed by atoms with van der Waals surface area (Å²) in [5, 5.41) is 2.96. The number of likely N-dealkylation sites (N-methyl/N-ethyl adjacent to an activating group) is 1. The van der Waals surface area contributed by atoms with Gasteiger partial charge < -0.3 is 5.32 Å². The van der Waals surface area contributed by atoms with E-state index < -0.39 is 0 Å². The summed E-state index contributed by atoms with van der Waals surface area (Å²) in [7, 11) is 0. The van der Waals surface area contributed by atoms with Crippen LogP contribution in [0.4, 0.5) is 0 Å². The summed E-state index contributed by atoms with van der Waals surface area (Å²) >= 11 is 0. The van der Waals surface area contributed by atoms with E-state index in [4.69, 9.17) is 0 Å². The maximum Gasteiger partial charge on any atom is 0.216 e. The van der Waals surface area contributed by atoms with Gasteiger partial charge in [-0.15, -0.1) is 0 Å². The molecule has 1 N–H and O–H groups in total. The third kappa shape index (κ3) is 2.75. The average molecular weight is 114 g/mol. The Hall–Kier alpha value is -0.370. The van der Waals surface area contributed by atoms with Crippen molar-refractivity contribution in [3.8, 4) is 0 Å². The zero-order chi connectivity index (χ0) is 6.41. The molecule has 0 saturated heterocycles. The van der Waals surface area contributed by atoms with E-state index in [1.807, 2.05) is 20.1 Å². The smallest absolute Gasteiger partial charge is 0.216 e. The summed E-state index contributed by atoms with van der Waals surface area (Å²) in [6, 6.07) is -0.0556. The fraction of sp³-hybridized carbons (Fsp3) is 0.833. The van der Waals surface area contributed by atoms with E-state index in [-0.39, 0.29) is 6.04 Å². The second-order valence-corrected chi connectivity index (χ2v) is 1.64. The molecule has 1 unspecified atom stereocenters. The first kappa shape index (κ1) is 7.63. The second-order valence-electron chi connectivity index (χ2n) is 1.64. The minimum Gasteiger partial charge on any atom is -0.307 e. The molecule has 0 aromatic rings. The molecule has 0 rings (SSSR count). The Labute approximate surface area is 50.3 Å². The van der Waals surface area contributed by atoms with Gasteiger partial charge in [0.2, 0.25) is 6.29 Å². The predicted molar refractivity (Wildman–Crippen MR) is 33.4 cm³/mol. The molecule has 0 amide bonds. The Kier molecular flexibility index (Phi) is 4.56. The number of hydrogen-bond acceptors (Lipinski definition) is 2. The maximum atomic E-state index is 9.94. The van der Waals surface area contributed by atoms with Gasteiger partial charge in [0, 0.05) is 0 Å². The molecular weight excluding hydrogens is 102 g/mol. The van der Waals surface area contributed by atoms with Gasteiger partial charge in [-0.2, -0.15) is 0 Å². The van der Waals surface area contributed by atoms with Crippen LogP contribution in [0.2, 0.25) is 0 Å². The normalized spacial score (nSPS) is 13.2. The summed E-state index contributed by atoms with van der Waals surface area (Å²) in [4.78, 5) is 9.94. The van der Waals surface area contributed by atoms with E-state index in [9.17, 15) is 4.79 Å². The molecule has 0 aliphatic carbocycles. The van der Waals surface area contributed by atoms with Gasteiger partial charge in [0.1, 0.15) is 0 Å². The Morgan fingerprint density at radius 1 is 1.62 bits per heavy atom. The quantitative estimate of drug-likeness (QED) is 0.576. The first-order valence-electron chi connectivity index (χ1n) is 2.96. The van der Waals surface area contributed by atoms with Gasteiger partial charge in [0.15, 0.2) is 0 Å². The number of carbonyl (C=O) groups excluding carboxylic acids is 1. The van der Waals surface area contributed by atoms with Crippen molar-refractivity contribution in [2.45, 2.75) is 26.3 Å². The SMILES string of the molecule is CCNC([C]=O)CC. The average Bonchev–Trinajstić information content (AvgIpc) is 1.83. The molecule has 1 atom stereocenters. The van der Waals surface area contributed by atoms with E-state index in [1.54, 1.807) is 0 Å². The topological polar surface area (TPSA) is 29.1 Å². The van der Waals surface area contributed by atoms with E-state index >= 15 is 0 Å². The highest BCUT2D eigenvalue weighted by Crippen LogP contribution is 1.82. The summed E-state index contributed by atoms with van der Waals surface area (Å²) in [6.45, 7) is 4.77. The molecule has 0 heterocycles. The largest absolute Gasteiger partial charge is 0.307 e. The van der Waals surface area contributed by atoms with E-state index in [1.165, 1.54) is 0 Å². The molecular formula is C6H12NO. The highest BCUT2D eigenvalue weighted by atomic mass is 16.1. The van der Waals surface area contributed by atoms with Crippen molar-refractivity contribution >= 4 is 6.29 Å². The molecule has 0 aromatic heterocycles. The molecule has 2 nitrogen and oxygen atoms in total. The monoisotopic (exact) mass is 114 g/mol. The Balaban J connectivity index is 3.21. The second kappa shape index (κ2) is 4.78. The molecule has 0 spiro atoms. The number of nitrogens with one attached hydrogen (secondary N) is 1. The standard InChI is InChI=1S/C6H12NO/c1-3-6(5-8)7-4-2/h6-7H,3-4H2,1-2H3. The highest BCUT2D eigenvalue weighted by Gasteiger charge is 1.99. The van der Waals surface area contributed by atoms with Crippen LogP contribution in [0.15, 0.2) is 0 Å². The lowest BCUT2D eigenvalue weighted by molar-refractivity contribution is 0.514. The summed E-state index contributed by atoms with van der Waals surface area (Å²) in [5.41, 5.74) is 0. The van der Waals surface area contributed by atoms with Gasteiger partial charge in [-0.05, 0) is 13.0 Å². The van der Waals surface area contributed by atoms with Crippen LogP contribution in [-0.2, 0) is 4.79 Å². The molecule has 2 heteroatoms. The molecule has 8 heavy (non-hydrogen) atoms. The Morgan fingerprint density at radius 2 is 2.25 bits per heavy atom. The third-order valence-corrected chi connectivity index (χ3v) is 1.00. The van der Waals surface area contributed by atoms with Crippen LogP contribution in [0.3, 0.4) is 0 Å². The molecule has 0 fully saturated rings. The first-order valence-corrected chi connectivity index (χ1v) is 2.96. The molecule has 1 radical (unpaired) electrons. The fourth-order valence-corrected chi connectivity index (χ4v) is 0.516. The van der Waals surface area contributed by atoms with Gasteiger partial charge in [0.05, 0.1) is 6.04 Å². The van der Waals surface area contributed by atoms with E-state index in [0.29, 0.717) is 0 Å². The third-order valence-electron chi connectivity index (χ3n) is 1.00. The molecule has 0 aliphatic heterocycles. The van der Waals surface area contributed by atoms with E-state index in [2.05, 4.69) is 5.32 Å². The van der Waals surface area contributed by atoms with Crippen molar-refractivity contribution < 1.29 is 4.79 Å². The predicted octanol–water partition coefficient (Wildman–Crippen LogP) is 0.484. The van der Waals surface area contributed by atoms with Gasteiger partial charge in [-0.3, -0.25) is 4.79 Å². The van der Waals surface area contributed by atoms with Crippen LogP contribution in [0.5, 0.6) is 0 Å². The minimum absolute atomic E-state index is 0.0556. The van der Waals surface area contributed by atoms with Crippen LogP contribution in [0.1, 0.15) is 20.3 Å². The summed E-state index contributed by atoms with van der Waals surface area (Å²) in [5.74, 6) is 0. The lowest BCUT2D eigenvalue weighted by Crippen LogP contribution is -2.28. The van der Waals surface area contributed by atoms with Crippen molar-refractivity contribution in [3.63, 3.8) is 0 Å². The summed E-state index contributed by atoms with van der Waals surface area (Å²) < 4.78 is 0. The summed E-state index contributed by atoms with van der Waals surface area (Å²) in [6.07, 6.45) is 2.72. The highest BCUT2D eigenvalue weighted by molar-refractivity contribution is 5.58. The lowest BCUT2D eigenvalue weighted by atomic mass is 10.2. The molecule has 0 aromatic carbocycles. The van der Waals surface area contributed by atoms with Crippen molar-refractivity contribution in [2.24, 2.45) is 0 Å². The first-order chi connectivity index (χ1) is 3.85. The molecule has 0 bridgehead atoms. The van der Waals surface area contributed by atoms with Crippen LogP contribution in [-0.4, -0.2) is 18.9 Å². The van der Waals surface area contributed by atoms with Crippen LogP contribution in [0.25, 0.3) is 0 Å². The molecule has 0 saturated carbocycles. The van der Waals surface area contributed by atoms with Gasteiger partial charge in [0.25, 0.3) is 0 Å². The zero-order valence-electron chi connectivity index (χ0n) is 5.40.